The van der Waals surface area contributed by atoms with Crippen LogP contribution in [0.2, 0.25) is 0 Å². The van der Waals surface area contributed by atoms with Crippen LogP contribution in [-0.2, 0) is 19.1 Å². The lowest BCUT2D eigenvalue weighted by Gasteiger charge is -2.10. The molecule has 0 bridgehead atoms. The molecule has 0 saturated heterocycles. The number of carbonyl (C=O) groups is 4. The summed E-state index contributed by atoms with van der Waals surface area (Å²) in [5.74, 6) is -2.04. The minimum absolute atomic E-state index is 0.0378. The monoisotopic (exact) mass is 788 g/mol. The summed E-state index contributed by atoms with van der Waals surface area (Å²) in [6.45, 7) is 12.4. The topological polar surface area (TPSA) is 124 Å². The van der Waals surface area contributed by atoms with E-state index in [0.717, 1.165) is 96.0 Å². The average Bonchev–Trinajstić information content (AvgIpc) is 3.20. The molecule has 57 heavy (non-hydrogen) atoms. The van der Waals surface area contributed by atoms with E-state index < -0.39 is 17.8 Å². The Morgan fingerprint density at radius 3 is 1.21 bits per heavy atom. The van der Waals surface area contributed by atoms with Crippen LogP contribution in [0.5, 0.6) is 23.0 Å². The Kier molecular flexibility index (Phi) is 21.3. The molecule has 3 aromatic carbocycles. The molecule has 11 heteroatoms. The first-order chi connectivity index (χ1) is 27.5. The van der Waals surface area contributed by atoms with Crippen LogP contribution in [-0.4, -0.2) is 50.3 Å². The number of rotatable bonds is 28. The fourth-order valence-corrected chi connectivity index (χ4v) is 5.46. The van der Waals surface area contributed by atoms with Gasteiger partial charge in [-0.15, -0.1) is 0 Å². The lowest BCUT2D eigenvalue weighted by Crippen LogP contribution is -2.11. The second-order valence-corrected chi connectivity index (χ2v) is 13.9. The Hall–Kier alpha value is -5.45. The zero-order valence-corrected chi connectivity index (χ0v) is 33.5. The highest BCUT2D eigenvalue weighted by Crippen LogP contribution is 2.25. The van der Waals surface area contributed by atoms with Gasteiger partial charge in [-0.1, -0.05) is 77.4 Å². The third kappa shape index (κ3) is 18.8. The lowest BCUT2D eigenvalue weighted by atomic mass is 10.1. The van der Waals surface area contributed by atoms with Gasteiger partial charge in [-0.25, -0.2) is 23.6 Å². The number of hydrogen-bond donors (Lipinski definition) is 0. The van der Waals surface area contributed by atoms with Crippen molar-refractivity contribution in [3.05, 3.63) is 108 Å². The Labute approximate surface area is 336 Å². The van der Waals surface area contributed by atoms with Crippen LogP contribution in [0.3, 0.4) is 0 Å². The molecule has 0 aliphatic carbocycles. The number of benzene rings is 3. The second kappa shape index (κ2) is 26.4. The van der Waals surface area contributed by atoms with Crippen LogP contribution < -0.4 is 18.9 Å². The molecule has 0 fully saturated rings. The Morgan fingerprint density at radius 2 is 0.825 bits per heavy atom. The number of halogens is 1. The Bertz CT molecular complexity index is 1730. The lowest BCUT2D eigenvalue weighted by molar-refractivity contribution is -0.139. The van der Waals surface area contributed by atoms with Gasteiger partial charge in [0.15, 0.2) is 11.6 Å². The maximum atomic E-state index is 14.9. The zero-order valence-electron chi connectivity index (χ0n) is 33.5. The largest absolute Gasteiger partial charge is 0.494 e. The fraction of sp³-hybridized carbons (Fsp3) is 0.435. The first-order valence-corrected chi connectivity index (χ1v) is 19.9. The minimum Gasteiger partial charge on any atom is -0.494 e. The van der Waals surface area contributed by atoms with E-state index in [0.29, 0.717) is 49.1 Å². The quantitative estimate of drug-likeness (QED) is 0.0304. The van der Waals surface area contributed by atoms with Gasteiger partial charge in [0.25, 0.3) is 0 Å². The number of ether oxygens (including phenoxy) is 6. The molecule has 0 heterocycles. The Morgan fingerprint density at radius 1 is 0.474 bits per heavy atom. The smallest absolute Gasteiger partial charge is 0.343 e. The van der Waals surface area contributed by atoms with Gasteiger partial charge in [0, 0.05) is 17.2 Å². The molecule has 0 saturated carbocycles. The predicted octanol–water partition coefficient (Wildman–Crippen LogP) is 10.7. The van der Waals surface area contributed by atoms with Crippen LogP contribution in [0.25, 0.3) is 0 Å². The highest BCUT2D eigenvalue weighted by molar-refractivity contribution is 5.92. The molecule has 0 N–H and O–H groups in total. The average molecular weight is 789 g/mol. The summed E-state index contributed by atoms with van der Waals surface area (Å²) in [5, 5.41) is 0. The van der Waals surface area contributed by atoms with Gasteiger partial charge in [0.05, 0.1) is 37.6 Å². The summed E-state index contributed by atoms with van der Waals surface area (Å²) in [4.78, 5) is 48.1. The van der Waals surface area contributed by atoms with Crippen LogP contribution in [0, 0.1) is 5.82 Å². The highest BCUT2D eigenvalue weighted by Gasteiger charge is 2.16. The van der Waals surface area contributed by atoms with E-state index >= 15 is 0 Å². The molecule has 0 radical (unpaired) electrons. The van der Waals surface area contributed by atoms with Crippen molar-refractivity contribution in [2.75, 3.05) is 26.4 Å². The van der Waals surface area contributed by atoms with Crippen LogP contribution in [0.4, 0.5) is 4.39 Å². The molecular weight excluding hydrogens is 731 g/mol. The van der Waals surface area contributed by atoms with Crippen molar-refractivity contribution >= 4 is 23.9 Å². The SMILES string of the molecule is C=C(C)C(=O)OCCCCCCCCCOc1ccc(C(=O)Oc2ccc(OC(=O)c3ccc(OCCCCCCCCCOC(=O)C(=C)C)cc3)c(F)c2)cc1. The van der Waals surface area contributed by atoms with Gasteiger partial charge in [-0.05, 0) is 100 Å². The molecule has 308 valence electrons. The summed E-state index contributed by atoms with van der Waals surface area (Å²) in [5.41, 5.74) is 1.33. The molecule has 0 atom stereocenters. The molecule has 3 aromatic rings. The first-order valence-electron chi connectivity index (χ1n) is 19.9. The maximum Gasteiger partial charge on any atom is 0.343 e. The molecule has 0 aliphatic rings. The molecule has 0 aromatic heterocycles. The van der Waals surface area contributed by atoms with Crippen molar-refractivity contribution in [3.63, 3.8) is 0 Å². The van der Waals surface area contributed by atoms with Crippen LogP contribution in [0.1, 0.15) is 124 Å². The van der Waals surface area contributed by atoms with Gasteiger partial charge in [0.1, 0.15) is 17.2 Å². The predicted molar refractivity (Wildman–Crippen MR) is 216 cm³/mol. The maximum absolute atomic E-state index is 14.9. The Balaban J connectivity index is 1.27. The number of unbranched alkanes of at least 4 members (excludes halogenated alkanes) is 12. The summed E-state index contributed by atoms with van der Waals surface area (Å²) in [6.07, 6.45) is 14.2. The highest BCUT2D eigenvalue weighted by atomic mass is 19.1. The fourth-order valence-electron chi connectivity index (χ4n) is 5.46. The van der Waals surface area contributed by atoms with Crippen molar-refractivity contribution < 1.29 is 52.0 Å². The van der Waals surface area contributed by atoms with Crippen LogP contribution in [0.15, 0.2) is 91.0 Å². The third-order valence-electron chi connectivity index (χ3n) is 8.77. The first kappa shape index (κ1) is 45.9. The summed E-state index contributed by atoms with van der Waals surface area (Å²) in [6, 6.07) is 16.5. The van der Waals surface area contributed by atoms with Crippen molar-refractivity contribution in [1.29, 1.82) is 0 Å². The summed E-state index contributed by atoms with van der Waals surface area (Å²) < 4.78 is 47.2. The number of carbonyl (C=O) groups excluding carboxylic acids is 4. The zero-order chi connectivity index (χ0) is 41.3. The number of hydrogen-bond acceptors (Lipinski definition) is 10. The van der Waals surface area contributed by atoms with Crippen molar-refractivity contribution in [3.8, 4) is 23.0 Å². The van der Waals surface area contributed by atoms with Crippen molar-refractivity contribution in [2.24, 2.45) is 0 Å². The molecule has 3 rings (SSSR count). The summed E-state index contributed by atoms with van der Waals surface area (Å²) >= 11 is 0. The normalized spacial score (nSPS) is 10.6. The van der Waals surface area contributed by atoms with E-state index in [2.05, 4.69) is 13.2 Å². The molecule has 0 aliphatic heterocycles. The van der Waals surface area contributed by atoms with E-state index in [1.54, 1.807) is 62.4 Å². The van der Waals surface area contributed by atoms with Gasteiger partial charge >= 0.3 is 23.9 Å². The minimum atomic E-state index is -0.858. The molecule has 0 unspecified atom stereocenters. The van der Waals surface area contributed by atoms with E-state index in [9.17, 15) is 23.6 Å². The third-order valence-corrected chi connectivity index (χ3v) is 8.77. The molecule has 10 nitrogen and oxygen atoms in total. The van der Waals surface area contributed by atoms with Gasteiger partial charge in [-0.2, -0.15) is 0 Å². The standard InChI is InChI=1S/C46H57FO10/c1-34(2)43(48)54-31-17-13-9-5-7-11-15-29-52-38-23-19-36(20-24-38)45(50)56-40-27-28-42(41(47)33-40)57-46(51)37-21-25-39(26-22-37)53-30-16-12-8-6-10-14-18-32-55-44(49)35(3)4/h19-28,33H,1,3,5-18,29-32H2,2,4H3. The number of esters is 4. The van der Waals surface area contributed by atoms with Gasteiger partial charge in [0.2, 0.25) is 0 Å². The van der Waals surface area contributed by atoms with E-state index in [-0.39, 0.29) is 34.6 Å². The molecule has 0 spiro atoms. The van der Waals surface area contributed by atoms with E-state index in [4.69, 9.17) is 28.4 Å². The summed E-state index contributed by atoms with van der Waals surface area (Å²) in [7, 11) is 0. The van der Waals surface area contributed by atoms with Gasteiger partial charge in [-0.3, -0.25) is 0 Å². The van der Waals surface area contributed by atoms with Gasteiger partial charge < -0.3 is 28.4 Å². The second-order valence-electron chi connectivity index (χ2n) is 13.9. The van der Waals surface area contributed by atoms with E-state index in [1.807, 2.05) is 0 Å². The van der Waals surface area contributed by atoms with Crippen LogP contribution >= 0.6 is 0 Å². The van der Waals surface area contributed by atoms with Crippen molar-refractivity contribution in [2.45, 2.75) is 104 Å². The molecule has 0 amide bonds. The van der Waals surface area contributed by atoms with E-state index in [1.165, 1.54) is 12.1 Å². The van der Waals surface area contributed by atoms with Crippen molar-refractivity contribution in [1.82, 2.24) is 0 Å². The molecular formula is C46H57FO10.